The summed E-state index contributed by atoms with van der Waals surface area (Å²) >= 11 is 0. The van der Waals surface area contributed by atoms with Gasteiger partial charge in [0.2, 0.25) is 0 Å². The van der Waals surface area contributed by atoms with E-state index in [4.69, 9.17) is 0 Å². The highest BCUT2D eigenvalue weighted by Crippen LogP contribution is 2.39. The lowest BCUT2D eigenvalue weighted by Gasteiger charge is -2.08. The van der Waals surface area contributed by atoms with Gasteiger partial charge in [-0.05, 0) is 49.4 Å². The van der Waals surface area contributed by atoms with Gasteiger partial charge in [0, 0.05) is 5.39 Å². The summed E-state index contributed by atoms with van der Waals surface area (Å²) in [6.07, 6.45) is 0. The fraction of sp³-hybridized carbons (Fsp3) is 0.158. The number of phenolic OH excluding ortho intramolecular Hbond substituents is 1. The molecule has 3 heteroatoms. The van der Waals surface area contributed by atoms with Gasteiger partial charge in [0.05, 0.1) is 5.69 Å². The molecule has 0 radical (unpaired) electrons. The highest BCUT2D eigenvalue weighted by Gasteiger charge is 2.10. The molecule has 0 spiro atoms. The number of hydrogen-bond donors (Lipinski definition) is 1. The number of aromatic hydroxyl groups is 1. The number of hydrogen-bond acceptors (Lipinski definition) is 3. The van der Waals surface area contributed by atoms with Crippen LogP contribution in [0.1, 0.15) is 16.7 Å². The molecule has 3 nitrogen and oxygen atoms in total. The maximum Gasteiger partial charge on any atom is 0.146 e. The number of aryl methyl sites for hydroxylation is 3. The summed E-state index contributed by atoms with van der Waals surface area (Å²) in [4.78, 5) is 0. The van der Waals surface area contributed by atoms with Crippen molar-refractivity contribution < 1.29 is 5.11 Å². The van der Waals surface area contributed by atoms with E-state index in [1.54, 1.807) is 0 Å². The second-order valence-corrected chi connectivity index (χ2v) is 5.60. The summed E-state index contributed by atoms with van der Waals surface area (Å²) in [5.41, 5.74) is 4.37. The quantitative estimate of drug-likeness (QED) is 0.588. The van der Waals surface area contributed by atoms with Gasteiger partial charge in [-0.3, -0.25) is 0 Å². The molecule has 0 aliphatic rings. The number of nitrogens with zero attached hydrogens (tertiary/aromatic N) is 2. The molecule has 0 saturated carbocycles. The van der Waals surface area contributed by atoms with Crippen LogP contribution in [0.2, 0.25) is 0 Å². The first-order valence-corrected chi connectivity index (χ1v) is 7.26. The molecule has 0 bridgehead atoms. The lowest BCUT2D eigenvalue weighted by molar-refractivity contribution is 0.473. The van der Waals surface area contributed by atoms with Gasteiger partial charge in [0.15, 0.2) is 0 Å². The van der Waals surface area contributed by atoms with Crippen LogP contribution in [-0.2, 0) is 0 Å². The van der Waals surface area contributed by atoms with E-state index >= 15 is 0 Å². The highest BCUT2D eigenvalue weighted by atomic mass is 16.3. The van der Waals surface area contributed by atoms with Crippen molar-refractivity contribution in [3.63, 3.8) is 0 Å². The van der Waals surface area contributed by atoms with E-state index in [1.165, 1.54) is 5.56 Å². The molecule has 0 aromatic heterocycles. The fourth-order valence-corrected chi connectivity index (χ4v) is 2.51. The Kier molecular flexibility index (Phi) is 3.63. The van der Waals surface area contributed by atoms with Crippen LogP contribution in [-0.4, -0.2) is 5.11 Å². The van der Waals surface area contributed by atoms with Gasteiger partial charge in [0.25, 0.3) is 0 Å². The predicted molar refractivity (Wildman–Crippen MR) is 90.4 cm³/mol. The molecular formula is C19H18N2O. The van der Waals surface area contributed by atoms with Gasteiger partial charge in [-0.2, -0.15) is 5.11 Å². The van der Waals surface area contributed by atoms with Crippen molar-refractivity contribution in [2.45, 2.75) is 20.8 Å². The summed E-state index contributed by atoms with van der Waals surface area (Å²) in [6, 6.07) is 15.9. The number of phenols is 1. The molecule has 0 fully saturated rings. The van der Waals surface area contributed by atoms with Crippen LogP contribution in [0, 0.1) is 20.8 Å². The molecule has 1 N–H and O–H groups in total. The first-order chi connectivity index (χ1) is 10.6. The third-order valence-corrected chi connectivity index (χ3v) is 3.81. The van der Waals surface area contributed by atoms with Gasteiger partial charge >= 0.3 is 0 Å². The van der Waals surface area contributed by atoms with E-state index in [2.05, 4.69) is 23.2 Å². The molecule has 0 aliphatic carbocycles. The maximum atomic E-state index is 10.4. The summed E-state index contributed by atoms with van der Waals surface area (Å²) in [7, 11) is 0. The van der Waals surface area contributed by atoms with Gasteiger partial charge in [-0.25, -0.2) is 0 Å². The molecule has 0 atom stereocenters. The molecule has 0 saturated heterocycles. The fourth-order valence-electron chi connectivity index (χ4n) is 2.51. The predicted octanol–water partition coefficient (Wildman–Crippen LogP) is 5.89. The van der Waals surface area contributed by atoms with Gasteiger partial charge in [-0.15, -0.1) is 5.11 Å². The molecular weight excluding hydrogens is 272 g/mol. The van der Waals surface area contributed by atoms with Gasteiger partial charge < -0.3 is 5.11 Å². The van der Waals surface area contributed by atoms with Crippen LogP contribution >= 0.6 is 0 Å². The van der Waals surface area contributed by atoms with E-state index in [0.717, 1.165) is 27.6 Å². The van der Waals surface area contributed by atoms with E-state index in [0.29, 0.717) is 5.69 Å². The van der Waals surface area contributed by atoms with Crippen LogP contribution in [0.5, 0.6) is 5.75 Å². The minimum Gasteiger partial charge on any atom is -0.505 e. The number of azo groups is 1. The van der Waals surface area contributed by atoms with Crippen molar-refractivity contribution in [2.24, 2.45) is 10.2 Å². The molecule has 3 rings (SSSR count). The first-order valence-electron chi connectivity index (χ1n) is 7.26. The van der Waals surface area contributed by atoms with Crippen LogP contribution in [0.15, 0.2) is 58.8 Å². The topological polar surface area (TPSA) is 45.0 Å². The van der Waals surface area contributed by atoms with Crippen LogP contribution in [0.4, 0.5) is 11.4 Å². The summed E-state index contributed by atoms with van der Waals surface area (Å²) in [6.45, 7) is 5.92. The van der Waals surface area contributed by atoms with Crippen molar-refractivity contribution in [1.29, 1.82) is 0 Å². The Hall–Kier alpha value is -2.68. The normalized spacial score (nSPS) is 11.4. The zero-order valence-corrected chi connectivity index (χ0v) is 13.0. The Bertz CT molecular complexity index is 882. The van der Waals surface area contributed by atoms with E-state index in [1.807, 2.05) is 56.3 Å². The van der Waals surface area contributed by atoms with Gasteiger partial charge in [0.1, 0.15) is 11.4 Å². The SMILES string of the molecule is Cc1ccc2c(N=Nc3ccccc3C)c(O)c(C)cc2c1. The van der Waals surface area contributed by atoms with Crippen LogP contribution < -0.4 is 0 Å². The smallest absolute Gasteiger partial charge is 0.146 e. The third kappa shape index (κ3) is 2.58. The Balaban J connectivity index is 2.18. The van der Waals surface area contributed by atoms with Crippen molar-refractivity contribution in [3.8, 4) is 5.75 Å². The lowest BCUT2D eigenvalue weighted by atomic mass is 10.0. The lowest BCUT2D eigenvalue weighted by Crippen LogP contribution is -1.82. The zero-order valence-electron chi connectivity index (χ0n) is 13.0. The number of benzene rings is 3. The van der Waals surface area contributed by atoms with E-state index < -0.39 is 0 Å². The average molecular weight is 290 g/mol. The molecule has 0 unspecified atom stereocenters. The van der Waals surface area contributed by atoms with Crippen molar-refractivity contribution in [3.05, 3.63) is 65.2 Å². The Morgan fingerprint density at radius 3 is 2.36 bits per heavy atom. The van der Waals surface area contributed by atoms with Crippen molar-refractivity contribution >= 4 is 22.1 Å². The Labute approximate surface area is 130 Å². The van der Waals surface area contributed by atoms with E-state index in [9.17, 15) is 5.11 Å². The second-order valence-electron chi connectivity index (χ2n) is 5.60. The first kappa shape index (κ1) is 14.3. The van der Waals surface area contributed by atoms with Gasteiger partial charge in [-0.1, -0.05) is 42.0 Å². The van der Waals surface area contributed by atoms with E-state index in [-0.39, 0.29) is 5.75 Å². The van der Waals surface area contributed by atoms with Crippen LogP contribution in [0.25, 0.3) is 10.8 Å². The Morgan fingerprint density at radius 1 is 0.818 bits per heavy atom. The largest absolute Gasteiger partial charge is 0.505 e. The monoisotopic (exact) mass is 290 g/mol. The third-order valence-electron chi connectivity index (χ3n) is 3.81. The molecule has 110 valence electrons. The molecule has 3 aromatic carbocycles. The average Bonchev–Trinajstić information content (AvgIpc) is 2.49. The van der Waals surface area contributed by atoms with Crippen molar-refractivity contribution in [2.75, 3.05) is 0 Å². The zero-order chi connectivity index (χ0) is 15.7. The minimum absolute atomic E-state index is 0.189. The second kappa shape index (κ2) is 5.60. The van der Waals surface area contributed by atoms with Crippen LogP contribution in [0.3, 0.4) is 0 Å². The highest BCUT2D eigenvalue weighted by molar-refractivity contribution is 5.96. The Morgan fingerprint density at radius 2 is 1.59 bits per heavy atom. The summed E-state index contributed by atoms with van der Waals surface area (Å²) < 4.78 is 0. The molecule has 0 amide bonds. The number of fused-ring (bicyclic) bond motifs is 1. The number of rotatable bonds is 2. The molecule has 0 aliphatic heterocycles. The maximum absolute atomic E-state index is 10.4. The van der Waals surface area contributed by atoms with Crippen molar-refractivity contribution in [1.82, 2.24) is 0 Å². The molecule has 0 heterocycles. The summed E-state index contributed by atoms with van der Waals surface area (Å²) in [5.74, 6) is 0.189. The summed E-state index contributed by atoms with van der Waals surface area (Å²) in [5, 5.41) is 21.0. The molecule has 22 heavy (non-hydrogen) atoms. The standard InChI is InChI=1S/C19H18N2O/c1-12-8-9-16-15(10-12)11-14(3)19(22)18(16)21-20-17-7-5-4-6-13(17)2/h4-11,22H,1-3H3. The molecule has 3 aromatic rings. The minimum atomic E-state index is 0.189.